The lowest BCUT2D eigenvalue weighted by molar-refractivity contribution is -0.159. The predicted octanol–water partition coefficient (Wildman–Crippen LogP) is 1.86. The monoisotopic (exact) mass is 329 g/mol. The number of amides is 1. The van der Waals surface area contributed by atoms with Crippen LogP contribution in [0.25, 0.3) is 0 Å². The predicted molar refractivity (Wildman–Crippen MR) is 85.9 cm³/mol. The van der Waals surface area contributed by atoms with Gasteiger partial charge in [-0.25, -0.2) is 9.78 Å². The van der Waals surface area contributed by atoms with Crippen molar-refractivity contribution in [2.45, 2.75) is 25.4 Å². The number of hydrogen-bond acceptors (Lipinski definition) is 4. The maximum Gasteiger partial charge on any atom is 0.348 e. The summed E-state index contributed by atoms with van der Waals surface area (Å²) in [4.78, 5) is 32.5. The third kappa shape index (κ3) is 2.97. The Hall–Kier alpha value is -2.83. The number of piperidine rings is 1. The largest absolute Gasteiger partial charge is 0.478 e. The molecule has 24 heavy (non-hydrogen) atoms. The quantitative estimate of drug-likeness (QED) is 0.892. The fraction of sp³-hybridized carbons (Fsp3) is 0.353. The number of carboxylic acids is 1. The van der Waals surface area contributed by atoms with Crippen LogP contribution in [0.2, 0.25) is 0 Å². The molecular weight excluding hydrogens is 310 g/mol. The molecule has 126 valence electrons. The number of aliphatic carboxylic acids is 1. The zero-order chi connectivity index (χ0) is 17.2. The standard InChI is InChI=1S/C17H19N3O4/c1-12-4-2-3-5-13(12)24-17(16(22)23)6-10-20(11-7-17)15(21)14-18-8-9-19-14/h2-5,8-9H,6-7,10-11H2,1H3,(H,18,19)(H,22,23). The van der Waals surface area contributed by atoms with Gasteiger partial charge in [-0.2, -0.15) is 0 Å². The number of aryl methyl sites for hydroxylation is 1. The lowest BCUT2D eigenvalue weighted by Crippen LogP contribution is -2.54. The number of imidazole rings is 1. The van der Waals surface area contributed by atoms with Crippen molar-refractivity contribution in [1.82, 2.24) is 14.9 Å². The number of carboxylic acid groups (broad SMARTS) is 1. The lowest BCUT2D eigenvalue weighted by atomic mass is 9.90. The smallest absolute Gasteiger partial charge is 0.348 e. The number of para-hydroxylation sites is 1. The highest BCUT2D eigenvalue weighted by Crippen LogP contribution is 2.31. The van der Waals surface area contributed by atoms with Crippen molar-refractivity contribution in [1.29, 1.82) is 0 Å². The Morgan fingerprint density at radius 1 is 1.29 bits per heavy atom. The van der Waals surface area contributed by atoms with E-state index in [1.54, 1.807) is 17.2 Å². The summed E-state index contributed by atoms with van der Waals surface area (Å²) in [6.07, 6.45) is 3.55. The minimum absolute atomic E-state index is 0.225. The molecular formula is C17H19N3O4. The summed E-state index contributed by atoms with van der Waals surface area (Å²) < 4.78 is 5.89. The van der Waals surface area contributed by atoms with Crippen LogP contribution in [0, 0.1) is 6.92 Å². The molecule has 1 aliphatic heterocycles. The molecule has 2 heterocycles. The molecule has 1 amide bonds. The molecule has 1 fully saturated rings. The van der Waals surface area contributed by atoms with Gasteiger partial charge >= 0.3 is 5.97 Å². The first-order valence-corrected chi connectivity index (χ1v) is 7.78. The zero-order valence-corrected chi connectivity index (χ0v) is 13.4. The summed E-state index contributed by atoms with van der Waals surface area (Å²) in [5, 5.41) is 9.70. The molecule has 7 nitrogen and oxygen atoms in total. The molecule has 0 atom stereocenters. The van der Waals surface area contributed by atoms with Crippen molar-refractivity contribution in [3.63, 3.8) is 0 Å². The van der Waals surface area contributed by atoms with Gasteiger partial charge in [-0.15, -0.1) is 0 Å². The number of carbonyl (C=O) groups is 2. The zero-order valence-electron chi connectivity index (χ0n) is 13.4. The number of aromatic amines is 1. The van der Waals surface area contributed by atoms with Gasteiger partial charge < -0.3 is 19.7 Å². The molecule has 0 bridgehead atoms. The van der Waals surface area contributed by atoms with Gasteiger partial charge in [0.15, 0.2) is 5.82 Å². The summed E-state index contributed by atoms with van der Waals surface area (Å²) in [5.74, 6) is -0.408. The summed E-state index contributed by atoms with van der Waals surface area (Å²) in [6.45, 7) is 2.48. The van der Waals surface area contributed by atoms with Crippen LogP contribution in [-0.4, -0.2) is 50.5 Å². The average Bonchev–Trinajstić information content (AvgIpc) is 3.11. The number of nitrogens with zero attached hydrogens (tertiary/aromatic N) is 2. The Balaban J connectivity index is 1.74. The van der Waals surface area contributed by atoms with Crippen molar-refractivity contribution in [2.24, 2.45) is 0 Å². The molecule has 0 spiro atoms. The summed E-state index contributed by atoms with van der Waals surface area (Å²) >= 11 is 0. The average molecular weight is 329 g/mol. The van der Waals surface area contributed by atoms with Crippen molar-refractivity contribution in [2.75, 3.05) is 13.1 Å². The van der Waals surface area contributed by atoms with E-state index in [1.165, 1.54) is 6.20 Å². The SMILES string of the molecule is Cc1ccccc1OC1(C(=O)O)CCN(C(=O)c2ncc[nH]2)CC1. The molecule has 1 aromatic heterocycles. The molecule has 0 aliphatic carbocycles. The molecule has 1 saturated heterocycles. The minimum Gasteiger partial charge on any atom is -0.478 e. The fourth-order valence-electron chi connectivity index (χ4n) is 2.84. The lowest BCUT2D eigenvalue weighted by Gasteiger charge is -2.38. The van der Waals surface area contributed by atoms with E-state index >= 15 is 0 Å². The van der Waals surface area contributed by atoms with E-state index in [9.17, 15) is 14.7 Å². The van der Waals surface area contributed by atoms with Crippen LogP contribution in [0.5, 0.6) is 5.75 Å². The van der Waals surface area contributed by atoms with Crippen LogP contribution in [0.4, 0.5) is 0 Å². The van der Waals surface area contributed by atoms with Crippen LogP contribution in [0.15, 0.2) is 36.7 Å². The Bertz CT molecular complexity index is 734. The number of benzene rings is 1. The highest BCUT2D eigenvalue weighted by atomic mass is 16.5. The molecule has 1 aliphatic rings. The number of likely N-dealkylation sites (tertiary alicyclic amines) is 1. The van der Waals surface area contributed by atoms with Gasteiger partial charge in [0, 0.05) is 38.3 Å². The van der Waals surface area contributed by atoms with Crippen LogP contribution in [-0.2, 0) is 4.79 Å². The van der Waals surface area contributed by atoms with E-state index < -0.39 is 11.6 Å². The van der Waals surface area contributed by atoms with Crippen LogP contribution in [0.1, 0.15) is 29.0 Å². The summed E-state index contributed by atoms with van der Waals surface area (Å²) in [5.41, 5.74) is -0.432. The first-order valence-electron chi connectivity index (χ1n) is 7.78. The van der Waals surface area contributed by atoms with Crippen molar-refractivity contribution in [3.05, 3.63) is 48.0 Å². The minimum atomic E-state index is -1.31. The Morgan fingerprint density at radius 3 is 2.58 bits per heavy atom. The van der Waals surface area contributed by atoms with E-state index in [2.05, 4.69) is 9.97 Å². The molecule has 3 rings (SSSR count). The number of aromatic nitrogens is 2. The van der Waals surface area contributed by atoms with Gasteiger partial charge in [0.05, 0.1) is 0 Å². The molecule has 0 unspecified atom stereocenters. The number of H-pyrrole nitrogens is 1. The van der Waals surface area contributed by atoms with Crippen LogP contribution in [0.3, 0.4) is 0 Å². The second-order valence-electron chi connectivity index (χ2n) is 5.90. The van der Waals surface area contributed by atoms with Gasteiger partial charge in [-0.05, 0) is 18.6 Å². The number of carbonyl (C=O) groups excluding carboxylic acids is 1. The molecule has 7 heteroatoms. The normalized spacial score (nSPS) is 16.6. The third-order valence-corrected chi connectivity index (χ3v) is 4.35. The molecule has 1 aromatic carbocycles. The van der Waals surface area contributed by atoms with E-state index in [4.69, 9.17) is 4.74 Å². The third-order valence-electron chi connectivity index (χ3n) is 4.35. The van der Waals surface area contributed by atoms with E-state index in [1.807, 2.05) is 25.1 Å². The number of ether oxygens (including phenoxy) is 1. The van der Waals surface area contributed by atoms with Gasteiger partial charge in [0.2, 0.25) is 5.60 Å². The van der Waals surface area contributed by atoms with E-state index in [-0.39, 0.29) is 24.6 Å². The number of nitrogens with one attached hydrogen (secondary N) is 1. The Labute approximate surface area is 139 Å². The second kappa shape index (κ2) is 6.35. The highest BCUT2D eigenvalue weighted by molar-refractivity contribution is 5.90. The van der Waals surface area contributed by atoms with Crippen molar-refractivity contribution >= 4 is 11.9 Å². The second-order valence-corrected chi connectivity index (χ2v) is 5.90. The Kier molecular flexibility index (Phi) is 4.24. The van der Waals surface area contributed by atoms with Crippen molar-refractivity contribution < 1.29 is 19.4 Å². The maximum atomic E-state index is 12.3. The first kappa shape index (κ1) is 16.0. The molecule has 0 radical (unpaired) electrons. The first-order chi connectivity index (χ1) is 11.5. The van der Waals surface area contributed by atoms with Gasteiger partial charge in [-0.3, -0.25) is 4.79 Å². The van der Waals surface area contributed by atoms with Crippen molar-refractivity contribution in [3.8, 4) is 5.75 Å². The fourth-order valence-corrected chi connectivity index (χ4v) is 2.84. The highest BCUT2D eigenvalue weighted by Gasteiger charge is 2.45. The number of hydrogen-bond donors (Lipinski definition) is 2. The Morgan fingerprint density at radius 2 is 2.00 bits per heavy atom. The topological polar surface area (TPSA) is 95.5 Å². The molecule has 0 saturated carbocycles. The summed E-state index contributed by atoms with van der Waals surface area (Å²) in [6, 6.07) is 7.33. The van der Waals surface area contributed by atoms with E-state index in [0.717, 1.165) is 5.56 Å². The summed E-state index contributed by atoms with van der Waals surface area (Å²) in [7, 11) is 0. The maximum absolute atomic E-state index is 12.3. The van der Waals surface area contributed by atoms with Crippen LogP contribution < -0.4 is 4.74 Å². The van der Waals surface area contributed by atoms with E-state index in [0.29, 0.717) is 18.8 Å². The molecule has 2 N–H and O–H groups in total. The van der Waals surface area contributed by atoms with Gasteiger partial charge in [0.1, 0.15) is 5.75 Å². The van der Waals surface area contributed by atoms with Crippen LogP contribution >= 0.6 is 0 Å². The van der Waals surface area contributed by atoms with Gasteiger partial charge in [0.25, 0.3) is 5.91 Å². The molecule has 2 aromatic rings. The van der Waals surface area contributed by atoms with Gasteiger partial charge in [-0.1, -0.05) is 18.2 Å². The number of rotatable bonds is 4.